The van der Waals surface area contributed by atoms with Gasteiger partial charge < -0.3 is 4.57 Å². The fourth-order valence-electron chi connectivity index (χ4n) is 7.37. The summed E-state index contributed by atoms with van der Waals surface area (Å²) in [5.41, 5.74) is 13.9. The second kappa shape index (κ2) is 11.6. The molecule has 204 valence electrons. The molecule has 1 nitrogen and oxygen atoms in total. The van der Waals surface area contributed by atoms with E-state index in [4.69, 9.17) is 0 Å². The van der Waals surface area contributed by atoms with Crippen LogP contribution < -0.4 is 0 Å². The molecule has 0 aliphatic heterocycles. The van der Waals surface area contributed by atoms with Gasteiger partial charge in [0, 0.05) is 16.3 Å². The summed E-state index contributed by atoms with van der Waals surface area (Å²) in [7, 11) is -3.73. The van der Waals surface area contributed by atoms with E-state index in [1.54, 1.807) is 0 Å². The van der Waals surface area contributed by atoms with Gasteiger partial charge in [-0.3, -0.25) is 0 Å². The minimum absolute atomic E-state index is 0.123. The van der Waals surface area contributed by atoms with Crippen molar-refractivity contribution in [2.45, 2.75) is 143 Å². The molecule has 0 aliphatic rings. The Labute approximate surface area is 232 Å². The highest BCUT2D eigenvalue weighted by molar-refractivity contribution is 6.91. The lowest BCUT2D eigenvalue weighted by atomic mass is 10.1. The van der Waals surface area contributed by atoms with Gasteiger partial charge in [-0.1, -0.05) is 119 Å². The quantitative estimate of drug-likeness (QED) is 0.257. The van der Waals surface area contributed by atoms with E-state index in [9.17, 15) is 0 Å². The van der Waals surface area contributed by atoms with Crippen LogP contribution in [0.1, 0.15) is 115 Å². The molecule has 2 rings (SSSR count). The average Bonchev–Trinajstić information content (AvgIpc) is 3.07. The number of aromatic nitrogens is 1. The molecule has 1 aromatic heterocycles. The van der Waals surface area contributed by atoms with Crippen LogP contribution in [0.5, 0.6) is 0 Å². The first-order valence-corrected chi connectivity index (χ1v) is 19.1. The van der Waals surface area contributed by atoms with E-state index in [0.717, 1.165) is 11.4 Å². The summed E-state index contributed by atoms with van der Waals surface area (Å²) in [6, 6.07) is 8.83. The van der Waals surface area contributed by atoms with Crippen LogP contribution in [0.2, 0.25) is 33.2 Å². The third-order valence-corrected chi connectivity index (χ3v) is 21.7. The first kappa shape index (κ1) is 31.5. The number of fused-ring (bicyclic) bond motifs is 1. The highest BCUT2D eigenvalue weighted by atomic mass is 28.3. The molecule has 2 aromatic rings. The normalized spacial score (nSPS) is 13.2. The second-order valence-electron chi connectivity index (χ2n) is 14.0. The van der Waals surface area contributed by atoms with Gasteiger partial charge in [-0.05, 0) is 54.0 Å². The second-order valence-corrected chi connectivity index (χ2v) is 25.2. The first-order valence-electron chi connectivity index (χ1n) is 14.7. The number of benzene rings is 1. The van der Waals surface area contributed by atoms with Gasteiger partial charge in [0.15, 0.2) is 0 Å². The lowest BCUT2D eigenvalue weighted by Gasteiger charge is -2.38. The summed E-state index contributed by atoms with van der Waals surface area (Å²) in [6.45, 7) is 35.7. The standard InChI is InChI=1S/C34H55NSi2/c1-24(2)36(25(3)4,26(5)6)22-20-32-30-18-16-17-19-31(30)33(35(32)34(13,14)15)21-23-37(27(7)8,28(9)10)29(11)12/h16-19,24-29H,1-15H3. The molecule has 3 heteroatoms. The molecular formula is C34H55NSi2. The third kappa shape index (κ3) is 5.70. The van der Waals surface area contributed by atoms with Crippen LogP contribution in [0.25, 0.3) is 10.8 Å². The summed E-state index contributed by atoms with van der Waals surface area (Å²) in [6.07, 6.45) is 0. The lowest BCUT2D eigenvalue weighted by molar-refractivity contribution is 0.394. The number of rotatable bonds is 6. The number of hydrogen-bond acceptors (Lipinski definition) is 0. The predicted octanol–water partition coefficient (Wildman–Crippen LogP) is 10.5. The summed E-state index contributed by atoms with van der Waals surface area (Å²) in [4.78, 5) is 0. The Bertz CT molecular complexity index is 1060. The molecule has 1 heterocycles. The van der Waals surface area contributed by atoms with Gasteiger partial charge in [-0.15, -0.1) is 11.1 Å². The van der Waals surface area contributed by atoms with Crippen LogP contribution in [0.4, 0.5) is 0 Å². The van der Waals surface area contributed by atoms with Crippen molar-refractivity contribution < 1.29 is 0 Å². The molecule has 0 aliphatic carbocycles. The van der Waals surface area contributed by atoms with Crippen molar-refractivity contribution in [2.75, 3.05) is 0 Å². The summed E-state index contributed by atoms with van der Waals surface area (Å²) in [5, 5.41) is 2.50. The number of hydrogen-bond donors (Lipinski definition) is 0. The van der Waals surface area contributed by atoms with Crippen molar-refractivity contribution >= 4 is 26.9 Å². The van der Waals surface area contributed by atoms with E-state index in [1.807, 2.05) is 0 Å². The Morgan fingerprint density at radius 1 is 0.541 bits per heavy atom. The molecule has 0 unspecified atom stereocenters. The highest BCUT2D eigenvalue weighted by Gasteiger charge is 2.43. The molecule has 0 amide bonds. The number of nitrogens with zero attached hydrogens (tertiary/aromatic N) is 1. The van der Waals surface area contributed by atoms with E-state index in [1.165, 1.54) is 10.8 Å². The van der Waals surface area contributed by atoms with Gasteiger partial charge in [0.25, 0.3) is 0 Å². The van der Waals surface area contributed by atoms with Crippen LogP contribution in [0, 0.1) is 22.9 Å². The van der Waals surface area contributed by atoms with Crippen molar-refractivity contribution in [1.82, 2.24) is 4.57 Å². The van der Waals surface area contributed by atoms with Crippen LogP contribution in [0.15, 0.2) is 24.3 Å². The monoisotopic (exact) mass is 533 g/mol. The summed E-state index contributed by atoms with van der Waals surface area (Å²) >= 11 is 0. The van der Waals surface area contributed by atoms with E-state index >= 15 is 0 Å². The molecule has 1 aromatic carbocycles. The van der Waals surface area contributed by atoms with Gasteiger partial charge in [-0.25, -0.2) is 0 Å². The summed E-state index contributed by atoms with van der Waals surface area (Å²) in [5.74, 6) is 7.70. The summed E-state index contributed by atoms with van der Waals surface area (Å²) < 4.78 is 2.47. The minimum atomic E-state index is -1.87. The average molecular weight is 534 g/mol. The van der Waals surface area contributed by atoms with Gasteiger partial charge in [0.2, 0.25) is 0 Å². The molecular weight excluding hydrogens is 479 g/mol. The highest BCUT2D eigenvalue weighted by Crippen LogP contribution is 2.42. The first-order chi connectivity index (χ1) is 17.0. The van der Waals surface area contributed by atoms with E-state index in [2.05, 4.69) is 156 Å². The lowest BCUT2D eigenvalue weighted by Crippen LogP contribution is -2.43. The van der Waals surface area contributed by atoms with Gasteiger partial charge in [-0.2, -0.15) is 0 Å². The molecule has 0 spiro atoms. The maximum absolute atomic E-state index is 4.02. The third-order valence-electron chi connectivity index (χ3n) is 9.08. The topological polar surface area (TPSA) is 4.93 Å². The Morgan fingerprint density at radius 3 is 1.03 bits per heavy atom. The van der Waals surface area contributed by atoms with Crippen LogP contribution in [-0.2, 0) is 5.54 Å². The maximum atomic E-state index is 4.02. The van der Waals surface area contributed by atoms with Crippen molar-refractivity contribution in [3.8, 4) is 22.9 Å². The van der Waals surface area contributed by atoms with Crippen molar-refractivity contribution in [1.29, 1.82) is 0 Å². The van der Waals surface area contributed by atoms with Crippen LogP contribution in [0.3, 0.4) is 0 Å². The Hall–Kier alpha value is -1.69. The molecule has 0 saturated heterocycles. The zero-order valence-electron chi connectivity index (χ0n) is 26.7. The fourth-order valence-corrected chi connectivity index (χ4v) is 17.8. The largest absolute Gasteiger partial charge is 0.321 e. The maximum Gasteiger partial charge on any atom is 0.146 e. The van der Waals surface area contributed by atoms with Gasteiger partial charge in [0.1, 0.15) is 27.5 Å². The van der Waals surface area contributed by atoms with Gasteiger partial charge >= 0.3 is 0 Å². The van der Waals surface area contributed by atoms with Crippen molar-refractivity contribution in [3.63, 3.8) is 0 Å². The van der Waals surface area contributed by atoms with Crippen molar-refractivity contribution in [2.24, 2.45) is 0 Å². The van der Waals surface area contributed by atoms with E-state index < -0.39 is 16.1 Å². The van der Waals surface area contributed by atoms with Crippen molar-refractivity contribution in [3.05, 3.63) is 35.7 Å². The SMILES string of the molecule is CC(C)[Si](C#Cc1c2ccccc2c(C#C[Si](C(C)C)(C(C)C)C(C)C)n1C(C)(C)C)(C(C)C)C(C)C. The molecule has 37 heavy (non-hydrogen) atoms. The van der Waals surface area contributed by atoms with E-state index in [-0.39, 0.29) is 5.54 Å². The van der Waals surface area contributed by atoms with Crippen LogP contribution >= 0.6 is 0 Å². The van der Waals surface area contributed by atoms with Gasteiger partial charge in [0.05, 0.1) is 0 Å². The zero-order chi connectivity index (χ0) is 28.5. The molecule has 0 fully saturated rings. The fraction of sp³-hybridized carbons (Fsp3) is 0.647. The van der Waals surface area contributed by atoms with Crippen LogP contribution in [-0.4, -0.2) is 20.7 Å². The molecule has 0 bridgehead atoms. The molecule has 0 saturated carbocycles. The molecule has 0 atom stereocenters. The minimum Gasteiger partial charge on any atom is -0.321 e. The van der Waals surface area contributed by atoms with E-state index in [0.29, 0.717) is 33.2 Å². The smallest absolute Gasteiger partial charge is 0.146 e. The molecule has 0 N–H and O–H groups in total. The molecule has 0 radical (unpaired) electrons. The Morgan fingerprint density at radius 2 is 0.811 bits per heavy atom. The Balaban J connectivity index is 3.04. The predicted molar refractivity (Wildman–Crippen MR) is 173 cm³/mol. The Kier molecular flexibility index (Phi) is 9.88. The zero-order valence-corrected chi connectivity index (χ0v) is 28.7.